The molecule has 15 nitrogen and oxygen atoms in total. The quantitative estimate of drug-likeness (QED) is 0.223. The van der Waals surface area contributed by atoms with Gasteiger partial charge >= 0.3 is 5.69 Å². The van der Waals surface area contributed by atoms with Gasteiger partial charge in [0.15, 0.2) is 23.1 Å². The zero-order valence-corrected chi connectivity index (χ0v) is 25.0. The first-order valence-corrected chi connectivity index (χ1v) is 16.2. The fourth-order valence-corrected chi connectivity index (χ4v) is 6.73. The summed E-state index contributed by atoms with van der Waals surface area (Å²) >= 11 is 3.81. The molecule has 0 spiro atoms. The van der Waals surface area contributed by atoms with Gasteiger partial charge in [0, 0.05) is 67.3 Å². The molecule has 2 fully saturated rings. The number of hydrogen-bond donors (Lipinski definition) is 3. The summed E-state index contributed by atoms with van der Waals surface area (Å²) in [5, 5.41) is 26.8. The smallest absolute Gasteiger partial charge is 0.323 e. The predicted molar refractivity (Wildman–Crippen MR) is 171 cm³/mol. The molecule has 1 aromatic carbocycles. The molecule has 2 aliphatic rings. The van der Waals surface area contributed by atoms with Crippen LogP contribution in [0.5, 0.6) is 0 Å². The first-order chi connectivity index (χ1) is 21.7. The zero-order chi connectivity index (χ0) is 29.9. The highest BCUT2D eigenvalue weighted by molar-refractivity contribution is 7.99. The van der Waals surface area contributed by atoms with Gasteiger partial charge in [0.25, 0.3) is 5.95 Å². The van der Waals surface area contributed by atoms with Crippen LogP contribution in [-0.2, 0) is 0 Å². The van der Waals surface area contributed by atoms with Crippen LogP contribution in [0.2, 0.25) is 0 Å². The van der Waals surface area contributed by atoms with Crippen molar-refractivity contribution in [2.24, 2.45) is 10.2 Å². The fourth-order valence-electron chi connectivity index (χ4n) is 4.92. The predicted octanol–water partition coefficient (Wildman–Crippen LogP) is 3.76. The maximum absolute atomic E-state index is 11.9. The number of thioether (sulfide) groups is 2. The number of azo groups is 1. The van der Waals surface area contributed by atoms with Gasteiger partial charge in [-0.15, -0.1) is 10.2 Å². The lowest BCUT2D eigenvalue weighted by Crippen LogP contribution is -2.36. The van der Waals surface area contributed by atoms with Crippen LogP contribution in [0.1, 0.15) is 5.56 Å². The third-order valence-electron chi connectivity index (χ3n) is 7.09. The Morgan fingerprint density at radius 1 is 0.909 bits per heavy atom. The third kappa shape index (κ3) is 5.68. The van der Waals surface area contributed by atoms with Crippen molar-refractivity contribution in [1.29, 1.82) is 5.26 Å². The average Bonchev–Trinajstić information content (AvgIpc) is 3.66. The SMILES string of the molecule is N#Cc1cnn(-c2ncccn2)c1N=Nc1c(Nc2ccc3[nH]c(=O)[nH]c3c2)nc(N2CCSCC2)nc1N1CCSCC1. The molecule has 0 atom stereocenters. The van der Waals surface area contributed by atoms with Crippen molar-refractivity contribution in [3.05, 3.63) is 58.9 Å². The van der Waals surface area contributed by atoms with Gasteiger partial charge in [0.2, 0.25) is 5.95 Å². The van der Waals surface area contributed by atoms with E-state index >= 15 is 0 Å². The van der Waals surface area contributed by atoms with Crippen LogP contribution in [0.4, 0.5) is 34.8 Å². The molecular formula is C27H26N14OS2. The highest BCUT2D eigenvalue weighted by Gasteiger charge is 2.25. The van der Waals surface area contributed by atoms with Gasteiger partial charge in [-0.3, -0.25) is 0 Å². The van der Waals surface area contributed by atoms with E-state index in [2.05, 4.69) is 51.3 Å². The molecule has 44 heavy (non-hydrogen) atoms. The molecule has 2 aliphatic heterocycles. The van der Waals surface area contributed by atoms with E-state index in [4.69, 9.17) is 15.1 Å². The summed E-state index contributed by atoms with van der Waals surface area (Å²) in [5.74, 6) is 6.04. The molecule has 0 radical (unpaired) electrons. The van der Waals surface area contributed by atoms with Crippen LogP contribution in [0.15, 0.2) is 57.9 Å². The van der Waals surface area contributed by atoms with Crippen LogP contribution in [0.25, 0.3) is 17.0 Å². The van der Waals surface area contributed by atoms with Crippen molar-refractivity contribution in [2.45, 2.75) is 0 Å². The number of aromatic amines is 2. The van der Waals surface area contributed by atoms with Crippen molar-refractivity contribution in [3.8, 4) is 12.0 Å². The maximum Gasteiger partial charge on any atom is 0.323 e. The molecule has 7 rings (SSSR count). The van der Waals surface area contributed by atoms with Gasteiger partial charge in [-0.2, -0.15) is 48.5 Å². The first-order valence-electron chi connectivity index (χ1n) is 13.9. The van der Waals surface area contributed by atoms with E-state index in [-0.39, 0.29) is 23.0 Å². The molecule has 0 amide bonds. The minimum absolute atomic E-state index is 0.188. The van der Waals surface area contributed by atoms with Crippen LogP contribution in [0.3, 0.4) is 0 Å². The highest BCUT2D eigenvalue weighted by atomic mass is 32.2. The Hall–Kier alpha value is -4.95. The summed E-state index contributed by atoms with van der Waals surface area (Å²) in [6, 6.07) is 9.34. The van der Waals surface area contributed by atoms with Gasteiger partial charge in [-0.25, -0.2) is 14.8 Å². The maximum atomic E-state index is 11.9. The Morgan fingerprint density at radius 3 is 2.39 bits per heavy atom. The second-order valence-electron chi connectivity index (χ2n) is 9.86. The zero-order valence-electron chi connectivity index (χ0n) is 23.3. The standard InChI is InChI=1S/C27H26N14OS2/c28-15-17-16-31-41(25-29-4-1-5-30-25)23(17)38-37-21-22(32-18-2-3-19-20(14-18)34-27(42)33-19)35-26(40-8-12-44-13-9-40)36-24(21)39-6-10-43-11-7-39/h1-5,14,16H,6-13H2,(H,32,35,36)(H2,33,34,42). The summed E-state index contributed by atoms with van der Waals surface area (Å²) < 4.78 is 1.38. The average molecular weight is 627 g/mol. The van der Waals surface area contributed by atoms with Crippen LogP contribution in [-0.4, -0.2) is 88.9 Å². The number of rotatable bonds is 7. The Morgan fingerprint density at radius 2 is 1.64 bits per heavy atom. The molecule has 0 unspecified atom stereocenters. The second kappa shape index (κ2) is 12.3. The van der Waals surface area contributed by atoms with E-state index in [0.717, 1.165) is 49.2 Å². The number of nitrogens with one attached hydrogen (secondary N) is 3. The summed E-state index contributed by atoms with van der Waals surface area (Å²) in [6.45, 7) is 3.24. The monoisotopic (exact) mass is 626 g/mol. The number of imidazole rings is 1. The van der Waals surface area contributed by atoms with Gasteiger partial charge in [-0.05, 0) is 24.3 Å². The molecule has 6 heterocycles. The fraction of sp³-hybridized carbons (Fsp3) is 0.296. The molecule has 5 aromatic rings. The van der Waals surface area contributed by atoms with E-state index in [1.807, 2.05) is 41.7 Å². The van der Waals surface area contributed by atoms with Gasteiger partial charge in [-0.1, -0.05) is 0 Å². The van der Waals surface area contributed by atoms with E-state index < -0.39 is 0 Å². The Balaban J connectivity index is 1.38. The lowest BCUT2D eigenvalue weighted by Gasteiger charge is -2.31. The number of fused-ring (bicyclic) bond motifs is 1. The van der Waals surface area contributed by atoms with E-state index in [9.17, 15) is 10.1 Å². The lowest BCUT2D eigenvalue weighted by atomic mass is 10.2. The number of nitriles is 1. The normalized spacial score (nSPS) is 15.6. The van der Waals surface area contributed by atoms with E-state index in [1.165, 1.54) is 10.9 Å². The molecule has 17 heteroatoms. The van der Waals surface area contributed by atoms with Gasteiger partial charge in [0.05, 0.1) is 17.2 Å². The Kier molecular flexibility index (Phi) is 7.81. The van der Waals surface area contributed by atoms with Crippen molar-refractivity contribution in [3.63, 3.8) is 0 Å². The second-order valence-corrected chi connectivity index (χ2v) is 12.3. The number of aromatic nitrogens is 8. The summed E-state index contributed by atoms with van der Waals surface area (Å²) in [4.78, 5) is 40.4. The van der Waals surface area contributed by atoms with Gasteiger partial charge < -0.3 is 25.1 Å². The summed E-state index contributed by atoms with van der Waals surface area (Å²) in [5.41, 5.74) is 2.41. The number of hydrogen-bond acceptors (Lipinski definition) is 14. The van der Waals surface area contributed by atoms with Gasteiger partial charge in [0.1, 0.15) is 11.6 Å². The van der Waals surface area contributed by atoms with Crippen LogP contribution < -0.4 is 20.8 Å². The highest BCUT2D eigenvalue weighted by Crippen LogP contribution is 2.40. The molecule has 0 saturated carbocycles. The Labute approximate surface area is 259 Å². The number of H-pyrrole nitrogens is 2. The molecule has 0 aliphatic carbocycles. The Bertz CT molecular complexity index is 1920. The van der Waals surface area contributed by atoms with Crippen molar-refractivity contribution in [1.82, 2.24) is 39.7 Å². The summed E-state index contributed by atoms with van der Waals surface area (Å²) in [6.07, 6.45) is 4.59. The topological polar surface area (TPSA) is 185 Å². The third-order valence-corrected chi connectivity index (χ3v) is 8.97. The number of anilines is 4. The molecule has 2 saturated heterocycles. The molecule has 3 N–H and O–H groups in total. The minimum atomic E-state index is -0.281. The largest absolute Gasteiger partial charge is 0.353 e. The van der Waals surface area contributed by atoms with Crippen molar-refractivity contribution in [2.75, 3.05) is 64.3 Å². The van der Waals surface area contributed by atoms with E-state index in [0.29, 0.717) is 40.0 Å². The molecule has 0 bridgehead atoms. The number of nitrogens with zero attached hydrogens (tertiary/aromatic N) is 11. The summed E-state index contributed by atoms with van der Waals surface area (Å²) in [7, 11) is 0. The number of benzene rings is 1. The van der Waals surface area contributed by atoms with E-state index in [1.54, 1.807) is 18.5 Å². The van der Waals surface area contributed by atoms with Crippen LogP contribution >= 0.6 is 23.5 Å². The minimum Gasteiger partial charge on any atom is -0.353 e. The van der Waals surface area contributed by atoms with Crippen molar-refractivity contribution >= 4 is 69.3 Å². The molecule has 4 aromatic heterocycles. The van der Waals surface area contributed by atoms with Crippen LogP contribution in [0, 0.1) is 11.3 Å². The lowest BCUT2D eigenvalue weighted by molar-refractivity contribution is 0.791. The molecule has 222 valence electrons. The van der Waals surface area contributed by atoms with Crippen molar-refractivity contribution < 1.29 is 0 Å². The molecular weight excluding hydrogens is 601 g/mol. The first kappa shape index (κ1) is 27.9.